The molecular weight excluding hydrogens is 408 g/mol. The Morgan fingerprint density at radius 1 is 1.28 bits per heavy atom. The first kappa shape index (κ1) is 20.3. The molecule has 1 N–H and O–H groups in total. The summed E-state index contributed by atoms with van der Waals surface area (Å²) in [5.41, 5.74) is 1.29. The summed E-state index contributed by atoms with van der Waals surface area (Å²) in [6, 6.07) is 5.54. The van der Waals surface area contributed by atoms with Crippen LogP contribution in [0.15, 0.2) is 29.8 Å². The van der Waals surface area contributed by atoms with Gasteiger partial charge in [0, 0.05) is 43.7 Å². The highest BCUT2D eigenvalue weighted by Gasteiger charge is 2.27. The molecule has 29 heavy (non-hydrogen) atoms. The van der Waals surface area contributed by atoms with Gasteiger partial charge in [-0.2, -0.15) is 0 Å². The van der Waals surface area contributed by atoms with Crippen molar-refractivity contribution in [3.63, 3.8) is 0 Å². The predicted octanol–water partition coefficient (Wildman–Crippen LogP) is 3.42. The summed E-state index contributed by atoms with van der Waals surface area (Å²) in [4.78, 5) is 35.0. The number of likely N-dealkylation sites (tertiary alicyclic amines) is 1. The Hall–Kier alpha value is -1.96. The first-order chi connectivity index (χ1) is 14.1. The number of carbonyl (C=O) groups excluding carboxylic acids is 2. The Morgan fingerprint density at radius 3 is 3.00 bits per heavy atom. The topological polar surface area (TPSA) is 65.5 Å². The Bertz CT molecular complexity index is 870. The first-order valence-corrected chi connectivity index (χ1v) is 11.3. The molecule has 8 heteroatoms. The largest absolute Gasteiger partial charge is 0.338 e. The summed E-state index contributed by atoms with van der Waals surface area (Å²) in [6.07, 6.45) is 4.81. The van der Waals surface area contributed by atoms with Gasteiger partial charge in [-0.15, -0.1) is 11.3 Å². The van der Waals surface area contributed by atoms with E-state index in [4.69, 9.17) is 11.6 Å². The van der Waals surface area contributed by atoms with Gasteiger partial charge in [-0.1, -0.05) is 11.6 Å². The lowest BCUT2D eigenvalue weighted by Gasteiger charge is -2.33. The van der Waals surface area contributed by atoms with E-state index in [1.54, 1.807) is 23.5 Å². The quantitative estimate of drug-likeness (QED) is 0.786. The third-order valence-corrected chi connectivity index (χ3v) is 6.90. The van der Waals surface area contributed by atoms with Gasteiger partial charge >= 0.3 is 0 Å². The van der Waals surface area contributed by atoms with E-state index in [0.717, 1.165) is 38.9 Å². The highest BCUT2D eigenvalue weighted by Crippen LogP contribution is 2.25. The molecule has 1 unspecified atom stereocenters. The van der Waals surface area contributed by atoms with Crippen LogP contribution in [-0.4, -0.2) is 52.8 Å². The molecule has 6 nitrogen and oxygen atoms in total. The predicted molar refractivity (Wildman–Crippen MR) is 115 cm³/mol. The van der Waals surface area contributed by atoms with Crippen molar-refractivity contribution in [2.24, 2.45) is 5.92 Å². The van der Waals surface area contributed by atoms with Crippen LogP contribution in [0.4, 0.5) is 5.82 Å². The lowest BCUT2D eigenvalue weighted by atomic mass is 9.97. The fourth-order valence-electron chi connectivity index (χ4n) is 4.02. The minimum Gasteiger partial charge on any atom is -0.338 e. The van der Waals surface area contributed by atoms with E-state index in [1.807, 2.05) is 4.90 Å². The van der Waals surface area contributed by atoms with Crippen molar-refractivity contribution >= 4 is 40.6 Å². The Kier molecular flexibility index (Phi) is 6.47. The number of rotatable bonds is 5. The maximum absolute atomic E-state index is 12.7. The molecule has 0 saturated carbocycles. The Balaban J connectivity index is 1.25. The molecule has 1 fully saturated rings. The number of hydrogen-bond donors (Lipinski definition) is 1. The van der Waals surface area contributed by atoms with E-state index in [0.29, 0.717) is 30.4 Å². The van der Waals surface area contributed by atoms with Crippen LogP contribution in [0.25, 0.3) is 0 Å². The van der Waals surface area contributed by atoms with E-state index in [2.05, 4.69) is 26.6 Å². The van der Waals surface area contributed by atoms with Crippen LogP contribution in [-0.2, 0) is 22.6 Å². The first-order valence-electron chi connectivity index (χ1n) is 10.1. The number of thiophene rings is 1. The summed E-state index contributed by atoms with van der Waals surface area (Å²) < 4.78 is 0. The van der Waals surface area contributed by atoms with Crippen molar-refractivity contribution in [1.29, 1.82) is 0 Å². The number of halogens is 1. The molecule has 4 heterocycles. The van der Waals surface area contributed by atoms with Crippen molar-refractivity contribution < 1.29 is 9.59 Å². The molecule has 0 radical (unpaired) electrons. The number of piperidine rings is 1. The number of nitrogens with one attached hydrogen (secondary N) is 1. The third kappa shape index (κ3) is 5.15. The SMILES string of the molecule is O=C(Nc1ccc(Cl)cn1)C1CCCN(CCC(=O)N2CCc3sccc3C2)C1. The zero-order chi connectivity index (χ0) is 20.2. The number of amides is 2. The van der Waals surface area contributed by atoms with Crippen molar-refractivity contribution in [3.05, 3.63) is 45.2 Å². The lowest BCUT2D eigenvalue weighted by Crippen LogP contribution is -2.43. The molecule has 0 spiro atoms. The average Bonchev–Trinajstić information content (AvgIpc) is 3.22. The molecule has 0 aromatic carbocycles. The molecule has 0 aliphatic carbocycles. The van der Waals surface area contributed by atoms with E-state index < -0.39 is 0 Å². The molecular formula is C21H25ClN4O2S. The Labute approximate surface area is 179 Å². The van der Waals surface area contributed by atoms with Crippen LogP contribution < -0.4 is 5.32 Å². The maximum Gasteiger partial charge on any atom is 0.229 e. The highest BCUT2D eigenvalue weighted by molar-refractivity contribution is 7.10. The third-order valence-electron chi connectivity index (χ3n) is 5.66. The number of carbonyl (C=O) groups is 2. The molecule has 4 rings (SSSR count). The van der Waals surface area contributed by atoms with Crippen LogP contribution in [0.3, 0.4) is 0 Å². The maximum atomic E-state index is 12.7. The van der Waals surface area contributed by atoms with E-state index >= 15 is 0 Å². The van der Waals surface area contributed by atoms with Crippen LogP contribution in [0.2, 0.25) is 5.02 Å². The summed E-state index contributed by atoms with van der Waals surface area (Å²) in [6.45, 7) is 3.86. The van der Waals surface area contributed by atoms with Gasteiger partial charge in [0.05, 0.1) is 10.9 Å². The van der Waals surface area contributed by atoms with Crippen molar-refractivity contribution in [3.8, 4) is 0 Å². The van der Waals surface area contributed by atoms with Crippen LogP contribution in [0.1, 0.15) is 29.7 Å². The van der Waals surface area contributed by atoms with Crippen molar-refractivity contribution in [2.45, 2.75) is 32.2 Å². The van der Waals surface area contributed by atoms with Gasteiger partial charge in [0.25, 0.3) is 0 Å². The van der Waals surface area contributed by atoms with Crippen LogP contribution in [0.5, 0.6) is 0 Å². The highest BCUT2D eigenvalue weighted by atomic mass is 35.5. The number of fused-ring (bicyclic) bond motifs is 1. The molecule has 0 bridgehead atoms. The molecule has 2 aromatic heterocycles. The molecule has 1 saturated heterocycles. The van der Waals surface area contributed by atoms with Gasteiger partial charge in [0.1, 0.15) is 5.82 Å². The summed E-state index contributed by atoms with van der Waals surface area (Å²) in [5.74, 6) is 0.625. The zero-order valence-corrected chi connectivity index (χ0v) is 17.8. The standard InChI is InChI=1S/C21H25ClN4O2S/c22-17-3-4-19(23-12-17)24-21(28)16-2-1-8-25(13-16)9-6-20(27)26-10-5-18-15(14-26)7-11-29-18/h3-4,7,11-12,16H,1-2,5-6,8-10,13-14H2,(H,23,24,28). The minimum absolute atomic E-state index is 0.0168. The molecule has 154 valence electrons. The van der Waals surface area contributed by atoms with E-state index in [1.165, 1.54) is 16.6 Å². The van der Waals surface area contributed by atoms with Gasteiger partial charge in [0.2, 0.25) is 11.8 Å². The molecule has 1 atom stereocenters. The van der Waals surface area contributed by atoms with Gasteiger partial charge < -0.3 is 15.1 Å². The van der Waals surface area contributed by atoms with Gasteiger partial charge in [0.15, 0.2) is 0 Å². The lowest BCUT2D eigenvalue weighted by molar-refractivity contribution is -0.132. The molecule has 2 aliphatic rings. The second kappa shape index (κ2) is 9.24. The molecule has 2 aliphatic heterocycles. The number of aromatic nitrogens is 1. The second-order valence-corrected chi connectivity index (χ2v) is 9.11. The van der Waals surface area contributed by atoms with Crippen LogP contribution >= 0.6 is 22.9 Å². The smallest absolute Gasteiger partial charge is 0.229 e. The summed E-state index contributed by atoms with van der Waals surface area (Å²) in [7, 11) is 0. The van der Waals surface area contributed by atoms with Gasteiger partial charge in [-0.25, -0.2) is 4.98 Å². The van der Waals surface area contributed by atoms with Crippen molar-refractivity contribution in [2.75, 3.05) is 31.5 Å². The number of hydrogen-bond acceptors (Lipinski definition) is 5. The number of nitrogens with zero attached hydrogens (tertiary/aromatic N) is 3. The Morgan fingerprint density at radius 2 is 2.17 bits per heavy atom. The fraction of sp³-hybridized carbons (Fsp3) is 0.476. The van der Waals surface area contributed by atoms with Crippen molar-refractivity contribution in [1.82, 2.24) is 14.8 Å². The van der Waals surface area contributed by atoms with Gasteiger partial charge in [-0.05, 0) is 54.9 Å². The molecule has 2 amide bonds. The van der Waals surface area contributed by atoms with E-state index in [-0.39, 0.29) is 17.7 Å². The average molecular weight is 433 g/mol. The second-order valence-electron chi connectivity index (χ2n) is 7.67. The number of pyridine rings is 1. The minimum atomic E-state index is -0.0836. The molecule has 2 aromatic rings. The van der Waals surface area contributed by atoms with E-state index in [9.17, 15) is 9.59 Å². The zero-order valence-electron chi connectivity index (χ0n) is 16.3. The fourth-order valence-corrected chi connectivity index (χ4v) is 5.03. The normalized spacial score (nSPS) is 19.6. The van der Waals surface area contributed by atoms with Crippen LogP contribution in [0, 0.1) is 5.92 Å². The summed E-state index contributed by atoms with van der Waals surface area (Å²) >= 11 is 7.62. The summed E-state index contributed by atoms with van der Waals surface area (Å²) in [5, 5.41) is 5.52. The van der Waals surface area contributed by atoms with Gasteiger partial charge in [-0.3, -0.25) is 9.59 Å². The number of anilines is 1. The monoisotopic (exact) mass is 432 g/mol.